The highest BCUT2D eigenvalue weighted by atomic mass is 16.5. The third-order valence-corrected chi connectivity index (χ3v) is 3.32. The smallest absolute Gasteiger partial charge is 0.0802 e. The quantitative estimate of drug-likeness (QED) is 0.848. The molecule has 0 aliphatic carbocycles. The summed E-state index contributed by atoms with van der Waals surface area (Å²) in [6.07, 6.45) is 0.127. The highest BCUT2D eigenvalue weighted by Crippen LogP contribution is 2.28. The summed E-state index contributed by atoms with van der Waals surface area (Å²) < 4.78 is 5.72. The first-order valence-corrected chi connectivity index (χ1v) is 5.88. The Morgan fingerprint density at radius 2 is 1.62 bits per heavy atom. The van der Waals surface area contributed by atoms with E-state index in [1.165, 1.54) is 27.8 Å². The number of hydrogen-bond acceptors (Lipinski definition) is 2. The molecule has 0 radical (unpaired) electrons. The minimum absolute atomic E-state index is 0.127. The van der Waals surface area contributed by atoms with Crippen molar-refractivity contribution in [2.45, 2.75) is 40.7 Å². The van der Waals surface area contributed by atoms with Gasteiger partial charge in [-0.15, -0.1) is 0 Å². The van der Waals surface area contributed by atoms with Crippen LogP contribution in [0, 0.1) is 27.7 Å². The van der Waals surface area contributed by atoms with E-state index in [1.54, 1.807) is 0 Å². The zero-order valence-corrected chi connectivity index (χ0v) is 11.1. The minimum Gasteiger partial charge on any atom is -0.372 e. The molecule has 0 aromatic heterocycles. The van der Waals surface area contributed by atoms with Gasteiger partial charge in [0.2, 0.25) is 0 Å². The molecule has 2 heteroatoms. The third kappa shape index (κ3) is 2.63. The largest absolute Gasteiger partial charge is 0.372 e. The Morgan fingerprint density at radius 3 is 2.06 bits per heavy atom. The van der Waals surface area contributed by atoms with Crippen LogP contribution in [-0.4, -0.2) is 13.2 Å². The van der Waals surface area contributed by atoms with Gasteiger partial charge >= 0.3 is 0 Å². The molecule has 0 fully saturated rings. The standard InChI is InChI=1S/C14H23NO/c1-9-8-10(2)12(4)14(11(9)3)13(5)16-7-6-15/h8,13H,6-7,15H2,1-5H3. The monoisotopic (exact) mass is 221 g/mol. The van der Waals surface area contributed by atoms with E-state index in [1.807, 2.05) is 0 Å². The molecule has 1 aromatic carbocycles. The number of rotatable bonds is 4. The van der Waals surface area contributed by atoms with Crippen LogP contribution >= 0.6 is 0 Å². The Labute approximate surface area is 98.8 Å². The molecule has 1 unspecified atom stereocenters. The first-order chi connectivity index (χ1) is 7.49. The maximum atomic E-state index is 5.72. The molecule has 16 heavy (non-hydrogen) atoms. The molecule has 0 heterocycles. The lowest BCUT2D eigenvalue weighted by Crippen LogP contribution is -2.13. The molecule has 0 spiro atoms. The van der Waals surface area contributed by atoms with Gasteiger partial charge in [0.05, 0.1) is 12.7 Å². The first kappa shape index (κ1) is 13.2. The molecular formula is C14H23NO. The fraction of sp³-hybridized carbons (Fsp3) is 0.571. The summed E-state index contributed by atoms with van der Waals surface area (Å²) in [5.41, 5.74) is 12.1. The third-order valence-electron chi connectivity index (χ3n) is 3.32. The summed E-state index contributed by atoms with van der Waals surface area (Å²) in [4.78, 5) is 0. The molecule has 90 valence electrons. The van der Waals surface area contributed by atoms with E-state index in [4.69, 9.17) is 10.5 Å². The second-order valence-electron chi connectivity index (χ2n) is 4.48. The van der Waals surface area contributed by atoms with Crippen LogP contribution in [0.5, 0.6) is 0 Å². The lowest BCUT2D eigenvalue weighted by molar-refractivity contribution is 0.0708. The topological polar surface area (TPSA) is 35.2 Å². The molecule has 2 nitrogen and oxygen atoms in total. The Kier molecular flexibility index (Phi) is 4.51. The van der Waals surface area contributed by atoms with Gasteiger partial charge < -0.3 is 10.5 Å². The van der Waals surface area contributed by atoms with Crippen molar-refractivity contribution < 1.29 is 4.74 Å². The van der Waals surface area contributed by atoms with Crippen LogP contribution in [0.4, 0.5) is 0 Å². The van der Waals surface area contributed by atoms with Crippen molar-refractivity contribution in [3.8, 4) is 0 Å². The van der Waals surface area contributed by atoms with E-state index in [9.17, 15) is 0 Å². The van der Waals surface area contributed by atoms with Crippen molar-refractivity contribution in [1.29, 1.82) is 0 Å². The SMILES string of the molecule is Cc1cc(C)c(C)c(C(C)OCCN)c1C. The van der Waals surface area contributed by atoms with Gasteiger partial charge in [-0.1, -0.05) is 6.07 Å². The minimum atomic E-state index is 0.127. The van der Waals surface area contributed by atoms with Crippen LogP contribution in [0.2, 0.25) is 0 Å². The van der Waals surface area contributed by atoms with Gasteiger partial charge in [0.15, 0.2) is 0 Å². The lowest BCUT2D eigenvalue weighted by Gasteiger charge is -2.21. The van der Waals surface area contributed by atoms with E-state index in [0.29, 0.717) is 13.2 Å². The van der Waals surface area contributed by atoms with Crippen LogP contribution in [0.3, 0.4) is 0 Å². The number of hydrogen-bond donors (Lipinski definition) is 1. The van der Waals surface area contributed by atoms with Crippen molar-refractivity contribution >= 4 is 0 Å². The maximum Gasteiger partial charge on any atom is 0.0802 e. The Hall–Kier alpha value is -0.860. The summed E-state index contributed by atoms with van der Waals surface area (Å²) in [7, 11) is 0. The van der Waals surface area contributed by atoms with Gasteiger partial charge in [-0.05, 0) is 62.4 Å². The normalized spacial score (nSPS) is 12.9. The summed E-state index contributed by atoms with van der Waals surface area (Å²) in [6, 6.07) is 2.24. The number of aryl methyl sites for hydroxylation is 2. The zero-order chi connectivity index (χ0) is 12.3. The molecule has 0 amide bonds. The molecular weight excluding hydrogens is 198 g/mol. The average molecular weight is 221 g/mol. The molecule has 0 aliphatic rings. The van der Waals surface area contributed by atoms with Gasteiger partial charge in [-0.3, -0.25) is 0 Å². The predicted octanol–water partition coefficient (Wildman–Crippen LogP) is 2.96. The van der Waals surface area contributed by atoms with Crippen molar-refractivity contribution in [2.24, 2.45) is 5.73 Å². The van der Waals surface area contributed by atoms with Crippen LogP contribution in [-0.2, 0) is 4.74 Å². The van der Waals surface area contributed by atoms with Gasteiger partial charge in [0.25, 0.3) is 0 Å². The van der Waals surface area contributed by atoms with Gasteiger partial charge in [-0.25, -0.2) is 0 Å². The van der Waals surface area contributed by atoms with Crippen LogP contribution in [0.25, 0.3) is 0 Å². The highest BCUT2D eigenvalue weighted by Gasteiger charge is 2.14. The van der Waals surface area contributed by atoms with Gasteiger partial charge in [-0.2, -0.15) is 0 Å². The fourth-order valence-electron chi connectivity index (χ4n) is 2.19. The summed E-state index contributed by atoms with van der Waals surface area (Å²) in [5.74, 6) is 0. The molecule has 2 N–H and O–H groups in total. The van der Waals surface area contributed by atoms with E-state index in [2.05, 4.69) is 40.7 Å². The van der Waals surface area contributed by atoms with E-state index in [-0.39, 0.29) is 6.10 Å². The van der Waals surface area contributed by atoms with E-state index >= 15 is 0 Å². The maximum absolute atomic E-state index is 5.72. The Morgan fingerprint density at radius 1 is 1.12 bits per heavy atom. The second-order valence-corrected chi connectivity index (χ2v) is 4.48. The second kappa shape index (κ2) is 5.46. The molecule has 0 bridgehead atoms. The van der Waals surface area contributed by atoms with Gasteiger partial charge in [0.1, 0.15) is 0 Å². The Bertz CT molecular complexity index is 345. The van der Waals surface area contributed by atoms with E-state index < -0.39 is 0 Å². The average Bonchev–Trinajstić information content (AvgIpc) is 2.24. The van der Waals surface area contributed by atoms with Crippen LogP contribution in [0.1, 0.15) is 40.8 Å². The summed E-state index contributed by atoms with van der Waals surface area (Å²) >= 11 is 0. The molecule has 1 aromatic rings. The van der Waals surface area contributed by atoms with Crippen molar-refractivity contribution in [1.82, 2.24) is 0 Å². The molecule has 0 aliphatic heterocycles. The van der Waals surface area contributed by atoms with Gasteiger partial charge in [0, 0.05) is 6.54 Å². The number of ether oxygens (including phenoxy) is 1. The Balaban J connectivity index is 3.11. The summed E-state index contributed by atoms with van der Waals surface area (Å²) in [6.45, 7) is 11.9. The van der Waals surface area contributed by atoms with E-state index in [0.717, 1.165) is 0 Å². The fourth-order valence-corrected chi connectivity index (χ4v) is 2.19. The number of benzene rings is 1. The molecule has 0 saturated carbocycles. The molecule has 0 saturated heterocycles. The first-order valence-electron chi connectivity index (χ1n) is 5.88. The molecule has 1 rings (SSSR count). The lowest BCUT2D eigenvalue weighted by atomic mass is 9.91. The zero-order valence-electron chi connectivity index (χ0n) is 11.1. The van der Waals surface area contributed by atoms with Crippen LogP contribution < -0.4 is 5.73 Å². The highest BCUT2D eigenvalue weighted by molar-refractivity contribution is 5.45. The van der Waals surface area contributed by atoms with Crippen molar-refractivity contribution in [3.05, 3.63) is 33.9 Å². The van der Waals surface area contributed by atoms with Crippen molar-refractivity contribution in [3.63, 3.8) is 0 Å². The molecule has 1 atom stereocenters. The number of nitrogens with two attached hydrogens (primary N) is 1. The summed E-state index contributed by atoms with van der Waals surface area (Å²) in [5, 5.41) is 0. The van der Waals surface area contributed by atoms with Crippen LogP contribution in [0.15, 0.2) is 6.07 Å². The predicted molar refractivity (Wildman–Crippen MR) is 68.8 cm³/mol. The van der Waals surface area contributed by atoms with Crippen molar-refractivity contribution in [2.75, 3.05) is 13.2 Å².